The molecule has 1 saturated heterocycles. The van der Waals surface area contributed by atoms with Crippen molar-refractivity contribution in [1.82, 2.24) is 0 Å². The maximum atomic E-state index is 14.1. The topological polar surface area (TPSA) is 58.6 Å². The van der Waals surface area contributed by atoms with Crippen molar-refractivity contribution in [1.29, 1.82) is 0 Å². The minimum Gasteiger partial charge on any atom is -0.484 e. The van der Waals surface area contributed by atoms with Crippen molar-refractivity contribution in [2.45, 2.75) is 12.3 Å². The lowest BCUT2D eigenvalue weighted by atomic mass is 10.1. The summed E-state index contributed by atoms with van der Waals surface area (Å²) >= 11 is 7.30. The number of nitrogens with zero attached hydrogens (tertiary/aromatic N) is 1. The fraction of sp³-hybridized carbons (Fsp3) is 0.167. The molecule has 3 aromatic rings. The molecule has 0 radical (unpaired) electrons. The van der Waals surface area contributed by atoms with Gasteiger partial charge in [0.05, 0.1) is 5.75 Å². The second-order valence-corrected chi connectivity index (χ2v) is 8.78. The Morgan fingerprint density at radius 2 is 1.97 bits per heavy atom. The zero-order valence-corrected chi connectivity index (χ0v) is 18.8. The molecule has 0 aromatic heterocycles. The average molecular weight is 471 g/mol. The molecule has 1 atom stereocenters. The van der Waals surface area contributed by atoms with Crippen LogP contribution in [0.1, 0.15) is 16.5 Å². The zero-order chi connectivity index (χ0) is 22.7. The summed E-state index contributed by atoms with van der Waals surface area (Å²) in [5.41, 5.74) is 2.45. The van der Waals surface area contributed by atoms with Crippen molar-refractivity contribution in [3.05, 3.63) is 88.7 Å². The highest BCUT2D eigenvalue weighted by Crippen LogP contribution is 2.42. The van der Waals surface area contributed by atoms with Gasteiger partial charge in [-0.05, 0) is 66.6 Å². The van der Waals surface area contributed by atoms with E-state index in [2.05, 4.69) is 5.32 Å². The maximum absolute atomic E-state index is 14.1. The number of hydrogen-bond acceptors (Lipinski definition) is 4. The number of carbonyl (C=O) groups is 2. The summed E-state index contributed by atoms with van der Waals surface area (Å²) in [6.45, 7) is 1.53. The number of benzene rings is 3. The molecule has 0 aliphatic carbocycles. The van der Waals surface area contributed by atoms with Crippen molar-refractivity contribution in [2.75, 3.05) is 22.6 Å². The quantitative estimate of drug-likeness (QED) is 0.510. The van der Waals surface area contributed by atoms with E-state index >= 15 is 0 Å². The normalized spacial score (nSPS) is 15.7. The molecule has 0 saturated carbocycles. The van der Waals surface area contributed by atoms with Gasteiger partial charge < -0.3 is 10.1 Å². The highest BCUT2D eigenvalue weighted by molar-refractivity contribution is 8.00. The van der Waals surface area contributed by atoms with E-state index in [4.69, 9.17) is 16.3 Å². The molecule has 32 heavy (non-hydrogen) atoms. The first-order valence-corrected chi connectivity index (χ1v) is 11.3. The Morgan fingerprint density at radius 1 is 1.19 bits per heavy atom. The predicted molar refractivity (Wildman–Crippen MR) is 126 cm³/mol. The van der Waals surface area contributed by atoms with Crippen molar-refractivity contribution < 1.29 is 18.7 Å². The molecule has 1 unspecified atom stereocenters. The molecule has 1 aliphatic rings. The Bertz CT molecular complexity index is 1160. The van der Waals surface area contributed by atoms with Crippen molar-refractivity contribution in [2.24, 2.45) is 0 Å². The van der Waals surface area contributed by atoms with Crippen LogP contribution >= 0.6 is 23.4 Å². The van der Waals surface area contributed by atoms with E-state index in [9.17, 15) is 14.0 Å². The summed E-state index contributed by atoms with van der Waals surface area (Å²) in [7, 11) is 0. The number of anilines is 2. The fourth-order valence-corrected chi connectivity index (χ4v) is 4.62. The number of carbonyl (C=O) groups excluding carboxylic acids is 2. The van der Waals surface area contributed by atoms with Gasteiger partial charge in [0.25, 0.3) is 5.91 Å². The van der Waals surface area contributed by atoms with Gasteiger partial charge in [-0.25, -0.2) is 4.39 Å². The van der Waals surface area contributed by atoms with E-state index in [0.717, 1.165) is 5.56 Å². The SMILES string of the molecule is Cc1ccc(N2C(=O)CSC2c2cccc(NC(=O)COc3ccc(Cl)cc3)c2)cc1F. The van der Waals surface area contributed by atoms with Gasteiger partial charge in [0, 0.05) is 16.4 Å². The molecular formula is C24H20ClFN2O3S. The largest absolute Gasteiger partial charge is 0.484 e. The van der Waals surface area contributed by atoms with E-state index in [0.29, 0.717) is 33.5 Å². The summed E-state index contributed by atoms with van der Waals surface area (Å²) in [5.74, 6) is 0.0812. The monoisotopic (exact) mass is 470 g/mol. The van der Waals surface area contributed by atoms with Crippen LogP contribution in [0.3, 0.4) is 0 Å². The van der Waals surface area contributed by atoms with Crippen LogP contribution in [0.4, 0.5) is 15.8 Å². The van der Waals surface area contributed by atoms with Crippen LogP contribution in [0.5, 0.6) is 5.75 Å². The molecule has 4 rings (SSSR count). The molecule has 0 bridgehead atoms. The molecule has 3 aromatic carbocycles. The van der Waals surface area contributed by atoms with Crippen LogP contribution in [-0.4, -0.2) is 24.2 Å². The number of aryl methyl sites for hydroxylation is 1. The van der Waals surface area contributed by atoms with Gasteiger partial charge in [0.1, 0.15) is 16.9 Å². The summed E-state index contributed by atoms with van der Waals surface area (Å²) in [6.07, 6.45) is 0. The molecule has 5 nitrogen and oxygen atoms in total. The van der Waals surface area contributed by atoms with E-state index < -0.39 is 0 Å². The van der Waals surface area contributed by atoms with Gasteiger partial charge in [-0.2, -0.15) is 0 Å². The third kappa shape index (κ3) is 5.06. The standard InChI is InChI=1S/C24H20ClFN2O3S/c1-15-5-8-19(12-21(15)26)28-23(30)14-32-24(28)16-3-2-4-18(11-16)27-22(29)13-31-20-9-6-17(25)7-10-20/h2-12,24H,13-14H2,1H3,(H,27,29). The highest BCUT2D eigenvalue weighted by Gasteiger charge is 2.34. The van der Waals surface area contributed by atoms with E-state index in [1.165, 1.54) is 17.8 Å². The first-order chi connectivity index (χ1) is 15.4. The van der Waals surface area contributed by atoms with E-state index in [1.807, 2.05) is 18.2 Å². The van der Waals surface area contributed by atoms with E-state index in [1.54, 1.807) is 54.3 Å². The van der Waals surface area contributed by atoms with Crippen LogP contribution in [-0.2, 0) is 9.59 Å². The second kappa shape index (κ2) is 9.63. The number of amides is 2. The number of halogens is 2. The van der Waals surface area contributed by atoms with Gasteiger partial charge in [0.15, 0.2) is 6.61 Å². The second-order valence-electron chi connectivity index (χ2n) is 7.28. The van der Waals surface area contributed by atoms with Crippen LogP contribution in [0.15, 0.2) is 66.7 Å². The summed E-state index contributed by atoms with van der Waals surface area (Å²) in [5, 5.41) is 3.08. The van der Waals surface area contributed by atoms with Gasteiger partial charge in [-0.1, -0.05) is 29.8 Å². The predicted octanol–water partition coefficient (Wildman–Crippen LogP) is 5.58. The lowest BCUT2D eigenvalue weighted by Gasteiger charge is -2.25. The Balaban J connectivity index is 1.46. The van der Waals surface area contributed by atoms with Crippen LogP contribution < -0.4 is 15.0 Å². The van der Waals surface area contributed by atoms with Crippen LogP contribution in [0.25, 0.3) is 0 Å². The molecule has 1 fully saturated rings. The first-order valence-electron chi connectivity index (χ1n) is 9.89. The Morgan fingerprint density at radius 3 is 2.72 bits per heavy atom. The smallest absolute Gasteiger partial charge is 0.262 e. The Hall–Kier alpha value is -3.03. The zero-order valence-electron chi connectivity index (χ0n) is 17.2. The minimum absolute atomic E-state index is 0.0888. The lowest BCUT2D eigenvalue weighted by molar-refractivity contribution is -0.118. The number of rotatable bonds is 6. The lowest BCUT2D eigenvalue weighted by Crippen LogP contribution is -2.28. The molecule has 164 valence electrons. The summed E-state index contributed by atoms with van der Waals surface area (Å²) in [4.78, 5) is 26.5. The maximum Gasteiger partial charge on any atom is 0.262 e. The van der Waals surface area contributed by atoms with Gasteiger partial charge in [-0.3, -0.25) is 14.5 Å². The molecule has 8 heteroatoms. The first kappa shape index (κ1) is 22.2. The van der Waals surface area contributed by atoms with Crippen LogP contribution in [0, 0.1) is 12.7 Å². The number of nitrogens with one attached hydrogen (secondary N) is 1. The van der Waals surface area contributed by atoms with Gasteiger partial charge >= 0.3 is 0 Å². The Kier molecular flexibility index (Phi) is 6.67. The van der Waals surface area contributed by atoms with Crippen LogP contribution in [0.2, 0.25) is 5.02 Å². The Labute approximate surface area is 194 Å². The van der Waals surface area contributed by atoms with Crippen molar-refractivity contribution >= 4 is 46.6 Å². The molecular weight excluding hydrogens is 451 g/mol. The number of ether oxygens (including phenoxy) is 1. The van der Waals surface area contributed by atoms with Gasteiger partial charge in [-0.15, -0.1) is 11.8 Å². The molecule has 1 N–H and O–H groups in total. The van der Waals surface area contributed by atoms with Gasteiger partial charge in [0.2, 0.25) is 5.91 Å². The molecule has 0 spiro atoms. The summed E-state index contributed by atoms with van der Waals surface area (Å²) in [6, 6.07) is 18.8. The van der Waals surface area contributed by atoms with Crippen molar-refractivity contribution in [3.63, 3.8) is 0 Å². The fourth-order valence-electron chi connectivity index (χ4n) is 3.33. The van der Waals surface area contributed by atoms with Crippen molar-refractivity contribution in [3.8, 4) is 5.75 Å². The number of thioether (sulfide) groups is 1. The molecule has 1 heterocycles. The molecule has 1 aliphatic heterocycles. The van der Waals surface area contributed by atoms with E-state index in [-0.39, 0.29) is 29.6 Å². The number of hydrogen-bond donors (Lipinski definition) is 1. The minimum atomic E-state index is -0.354. The highest BCUT2D eigenvalue weighted by atomic mass is 35.5. The third-order valence-corrected chi connectivity index (χ3v) is 6.40. The summed E-state index contributed by atoms with van der Waals surface area (Å²) < 4.78 is 19.6. The third-order valence-electron chi connectivity index (χ3n) is 4.94. The average Bonchev–Trinajstić information content (AvgIpc) is 3.17. The molecule has 2 amide bonds.